The van der Waals surface area contributed by atoms with Crippen LogP contribution < -0.4 is 10.1 Å². The summed E-state index contributed by atoms with van der Waals surface area (Å²) in [5, 5.41) is 13.6. The first-order valence-corrected chi connectivity index (χ1v) is 12.8. The highest BCUT2D eigenvalue weighted by Gasteiger charge is 2.41. The monoisotopic (exact) mass is 509 g/mol. The third-order valence-corrected chi connectivity index (χ3v) is 7.32. The van der Waals surface area contributed by atoms with Crippen LogP contribution in [0.3, 0.4) is 0 Å². The molecule has 3 aromatic rings. The number of phenolic OH excluding ortho intramolecular Hbond substituents is 1. The van der Waals surface area contributed by atoms with Gasteiger partial charge < -0.3 is 19.9 Å². The largest absolute Gasteiger partial charge is 0.504 e. The van der Waals surface area contributed by atoms with Crippen LogP contribution in [-0.2, 0) is 20.7 Å². The van der Waals surface area contributed by atoms with Crippen LogP contribution in [0.25, 0.3) is 0 Å². The van der Waals surface area contributed by atoms with Crippen LogP contribution in [0.1, 0.15) is 48.3 Å². The molecule has 1 aliphatic heterocycles. The summed E-state index contributed by atoms with van der Waals surface area (Å²) in [6.45, 7) is 2.07. The normalized spacial score (nSPS) is 19.1. The van der Waals surface area contributed by atoms with E-state index in [0.717, 1.165) is 16.8 Å². The van der Waals surface area contributed by atoms with Crippen molar-refractivity contribution in [2.45, 2.75) is 38.0 Å². The molecular weight excluding hydrogens is 478 g/mol. The van der Waals surface area contributed by atoms with Crippen molar-refractivity contribution >= 4 is 11.8 Å². The molecule has 3 aromatic carbocycles. The van der Waals surface area contributed by atoms with Crippen LogP contribution in [0.5, 0.6) is 11.5 Å². The maximum Gasteiger partial charge on any atom is 0.336 e. The molecule has 1 heterocycles. The molecule has 0 amide bonds. The Kier molecular flexibility index (Phi) is 7.31. The van der Waals surface area contributed by atoms with Crippen LogP contribution in [-0.4, -0.2) is 30.6 Å². The van der Waals surface area contributed by atoms with Gasteiger partial charge in [0.15, 0.2) is 17.3 Å². The summed E-state index contributed by atoms with van der Waals surface area (Å²) in [6.07, 6.45) is 1.60. The summed E-state index contributed by atoms with van der Waals surface area (Å²) in [7, 11) is 1.47. The van der Waals surface area contributed by atoms with E-state index in [0.29, 0.717) is 41.7 Å². The lowest BCUT2D eigenvalue weighted by molar-refractivity contribution is -0.139. The highest BCUT2D eigenvalue weighted by Crippen LogP contribution is 2.46. The summed E-state index contributed by atoms with van der Waals surface area (Å²) < 4.78 is 11.1. The number of Topliss-reactive ketones (excluding diaryl/α,β-unsaturated/α-hetero) is 1. The Morgan fingerprint density at radius 2 is 1.68 bits per heavy atom. The summed E-state index contributed by atoms with van der Waals surface area (Å²) >= 11 is 0. The van der Waals surface area contributed by atoms with Crippen LogP contribution in [0, 0.1) is 0 Å². The number of nitrogens with one attached hydrogen (secondary N) is 1. The van der Waals surface area contributed by atoms with Gasteiger partial charge in [0.25, 0.3) is 0 Å². The highest BCUT2D eigenvalue weighted by molar-refractivity contribution is 6.04. The van der Waals surface area contributed by atoms with Gasteiger partial charge in [0.05, 0.1) is 19.3 Å². The molecule has 38 heavy (non-hydrogen) atoms. The van der Waals surface area contributed by atoms with Gasteiger partial charge in [-0.15, -0.1) is 0 Å². The molecule has 0 saturated carbocycles. The van der Waals surface area contributed by atoms with Gasteiger partial charge in [0.1, 0.15) is 0 Å². The molecule has 0 radical (unpaired) electrons. The molecule has 2 atom stereocenters. The van der Waals surface area contributed by atoms with E-state index >= 15 is 0 Å². The number of rotatable bonds is 7. The number of carbonyl (C=O) groups is 2. The fraction of sp³-hybridized carbons (Fsp3) is 0.250. The van der Waals surface area contributed by atoms with E-state index in [1.807, 2.05) is 67.6 Å². The molecule has 0 fully saturated rings. The molecule has 2 aliphatic rings. The van der Waals surface area contributed by atoms with E-state index in [9.17, 15) is 14.7 Å². The minimum absolute atomic E-state index is 0.00766. The Morgan fingerprint density at radius 1 is 0.974 bits per heavy atom. The van der Waals surface area contributed by atoms with Crippen molar-refractivity contribution in [3.8, 4) is 11.5 Å². The second-order valence-corrected chi connectivity index (χ2v) is 9.73. The number of benzene rings is 3. The Morgan fingerprint density at radius 3 is 2.39 bits per heavy atom. The van der Waals surface area contributed by atoms with E-state index < -0.39 is 11.9 Å². The van der Waals surface area contributed by atoms with Crippen molar-refractivity contribution in [2.24, 2.45) is 0 Å². The number of methoxy groups -OCH3 is 1. The van der Waals surface area contributed by atoms with E-state index in [-0.39, 0.29) is 29.8 Å². The topological polar surface area (TPSA) is 84.9 Å². The zero-order valence-electron chi connectivity index (χ0n) is 21.6. The first-order valence-electron chi connectivity index (χ1n) is 12.8. The number of hydrogen-bond donors (Lipinski definition) is 2. The Labute approximate surface area is 222 Å². The number of carbonyl (C=O) groups excluding carboxylic acids is 2. The predicted octanol–water partition coefficient (Wildman–Crippen LogP) is 5.55. The summed E-state index contributed by atoms with van der Waals surface area (Å²) in [4.78, 5) is 27.3. The summed E-state index contributed by atoms with van der Waals surface area (Å²) in [6, 6.07) is 24.8. The quantitative estimate of drug-likeness (QED) is 0.407. The third-order valence-electron chi connectivity index (χ3n) is 7.32. The molecule has 6 nitrogen and oxygen atoms in total. The second kappa shape index (κ2) is 11.0. The average molecular weight is 510 g/mol. The third kappa shape index (κ3) is 5.07. The van der Waals surface area contributed by atoms with Gasteiger partial charge in [-0.1, -0.05) is 66.7 Å². The number of ketones is 1. The number of aromatic hydroxyl groups is 1. The van der Waals surface area contributed by atoms with Crippen molar-refractivity contribution in [3.05, 3.63) is 118 Å². The lowest BCUT2D eigenvalue weighted by Crippen LogP contribution is -2.36. The van der Waals surface area contributed by atoms with Crippen LogP contribution in [0.4, 0.5) is 0 Å². The number of allylic oxidation sites excluding steroid dienone is 3. The zero-order valence-corrected chi connectivity index (χ0v) is 21.6. The molecule has 5 rings (SSSR count). The Balaban J connectivity index is 1.50. The van der Waals surface area contributed by atoms with Gasteiger partial charge in [0, 0.05) is 35.7 Å². The fourth-order valence-corrected chi connectivity index (χ4v) is 5.46. The maximum absolute atomic E-state index is 13.7. The SMILES string of the molecule is COc1cc(C2C(C(=O)OCCc3ccccc3)=C(C)NC3=C2C(=O)CC(c2ccccc2)C3)ccc1O. The molecule has 0 spiro atoms. The first-order chi connectivity index (χ1) is 18.5. The van der Waals surface area contributed by atoms with E-state index in [1.165, 1.54) is 13.2 Å². The average Bonchev–Trinajstić information content (AvgIpc) is 2.93. The molecular formula is C32H31NO5. The van der Waals surface area contributed by atoms with Crippen LogP contribution in [0.15, 0.2) is 101 Å². The van der Waals surface area contributed by atoms with Crippen molar-refractivity contribution < 1.29 is 24.2 Å². The van der Waals surface area contributed by atoms with E-state index in [2.05, 4.69) is 5.32 Å². The predicted molar refractivity (Wildman–Crippen MR) is 145 cm³/mol. The minimum atomic E-state index is -0.630. The lowest BCUT2D eigenvalue weighted by Gasteiger charge is -2.36. The molecule has 6 heteroatoms. The van der Waals surface area contributed by atoms with Crippen molar-refractivity contribution in [1.82, 2.24) is 5.32 Å². The minimum Gasteiger partial charge on any atom is -0.504 e. The van der Waals surface area contributed by atoms with E-state index in [1.54, 1.807) is 12.1 Å². The molecule has 194 valence electrons. The molecule has 2 unspecified atom stereocenters. The number of ether oxygens (including phenoxy) is 2. The zero-order chi connectivity index (χ0) is 26.6. The summed E-state index contributed by atoms with van der Waals surface area (Å²) in [5.41, 5.74) is 5.34. The van der Waals surface area contributed by atoms with Crippen molar-refractivity contribution in [2.75, 3.05) is 13.7 Å². The molecule has 0 aromatic heterocycles. The fourth-order valence-electron chi connectivity index (χ4n) is 5.46. The van der Waals surface area contributed by atoms with Gasteiger partial charge in [-0.2, -0.15) is 0 Å². The Bertz CT molecular complexity index is 1410. The Hall–Kier alpha value is -4.32. The molecule has 0 saturated heterocycles. The van der Waals surface area contributed by atoms with Crippen LogP contribution in [0.2, 0.25) is 0 Å². The molecule has 0 bridgehead atoms. The second-order valence-electron chi connectivity index (χ2n) is 9.73. The summed E-state index contributed by atoms with van der Waals surface area (Å²) in [5.74, 6) is -0.778. The van der Waals surface area contributed by atoms with Crippen molar-refractivity contribution in [1.29, 1.82) is 0 Å². The first kappa shape index (κ1) is 25.3. The van der Waals surface area contributed by atoms with Gasteiger partial charge in [-0.3, -0.25) is 4.79 Å². The van der Waals surface area contributed by atoms with Gasteiger partial charge in [-0.05, 0) is 48.1 Å². The lowest BCUT2D eigenvalue weighted by atomic mass is 9.71. The van der Waals surface area contributed by atoms with Gasteiger partial charge in [-0.25, -0.2) is 4.79 Å². The standard InChI is InChI=1S/C32H31NO5/c1-20-29(32(36)38-16-15-21-9-5-3-6-10-21)30(23-13-14-26(34)28(19-23)37-2)31-25(33-20)17-24(18-27(31)35)22-11-7-4-8-12-22/h3-14,19,24,30,33-34H,15-18H2,1-2H3. The number of hydrogen-bond acceptors (Lipinski definition) is 6. The van der Waals surface area contributed by atoms with Gasteiger partial charge >= 0.3 is 5.97 Å². The molecule has 1 aliphatic carbocycles. The number of dihydropyridines is 1. The van der Waals surface area contributed by atoms with Crippen LogP contribution >= 0.6 is 0 Å². The van der Waals surface area contributed by atoms with E-state index in [4.69, 9.17) is 9.47 Å². The smallest absolute Gasteiger partial charge is 0.336 e. The maximum atomic E-state index is 13.7. The van der Waals surface area contributed by atoms with Crippen molar-refractivity contribution in [3.63, 3.8) is 0 Å². The van der Waals surface area contributed by atoms with Gasteiger partial charge in [0.2, 0.25) is 0 Å². The number of phenols is 1. The number of esters is 1. The highest BCUT2D eigenvalue weighted by atomic mass is 16.5. The molecule has 2 N–H and O–H groups in total.